The number of benzene rings is 4. The molecule has 0 spiro atoms. The lowest BCUT2D eigenvalue weighted by Gasteiger charge is -2.40. The van der Waals surface area contributed by atoms with Crippen molar-refractivity contribution in [2.45, 2.75) is 12.3 Å². The van der Waals surface area contributed by atoms with Crippen molar-refractivity contribution < 1.29 is 4.79 Å². The molecule has 1 saturated carbocycles. The number of hydrogen-bond acceptors (Lipinski definition) is 2. The van der Waals surface area contributed by atoms with E-state index in [4.69, 9.17) is 0 Å². The maximum Gasteiger partial charge on any atom is 0.251 e. The van der Waals surface area contributed by atoms with Crippen molar-refractivity contribution in [1.82, 2.24) is 10.2 Å². The second-order valence-electron chi connectivity index (χ2n) is 9.38. The summed E-state index contributed by atoms with van der Waals surface area (Å²) in [5.41, 5.74) is 2.26. The molecule has 1 amide bonds. The topological polar surface area (TPSA) is 32.3 Å². The first kappa shape index (κ1) is 19.5. The van der Waals surface area contributed by atoms with E-state index in [1.54, 1.807) is 0 Å². The van der Waals surface area contributed by atoms with Gasteiger partial charge in [-0.1, -0.05) is 72.8 Å². The van der Waals surface area contributed by atoms with Crippen LogP contribution in [0.1, 0.15) is 28.3 Å². The molecule has 3 heteroatoms. The number of nitrogens with one attached hydrogen (secondary N) is 1. The Labute approximate surface area is 189 Å². The van der Waals surface area contributed by atoms with E-state index in [-0.39, 0.29) is 5.91 Å². The minimum absolute atomic E-state index is 0.0216. The van der Waals surface area contributed by atoms with E-state index < -0.39 is 0 Å². The smallest absolute Gasteiger partial charge is 0.251 e. The molecule has 0 aromatic heterocycles. The Morgan fingerprint density at radius 1 is 0.844 bits per heavy atom. The fourth-order valence-electron chi connectivity index (χ4n) is 5.95. The molecule has 2 fully saturated rings. The third kappa shape index (κ3) is 3.37. The van der Waals surface area contributed by atoms with Gasteiger partial charge in [-0.15, -0.1) is 0 Å². The van der Waals surface area contributed by atoms with Crippen LogP contribution >= 0.6 is 0 Å². The van der Waals surface area contributed by atoms with E-state index in [1.807, 2.05) is 30.3 Å². The number of fused-ring (bicyclic) bond motifs is 4. The predicted octanol–water partition coefficient (Wildman–Crippen LogP) is 5.46. The van der Waals surface area contributed by atoms with E-state index in [0.29, 0.717) is 12.5 Å². The van der Waals surface area contributed by atoms with Crippen LogP contribution < -0.4 is 5.32 Å². The molecule has 0 radical (unpaired) electrons. The molecule has 1 saturated heterocycles. The average molecular weight is 421 g/mol. The number of hydrogen-bond donors (Lipinski definition) is 1. The first-order valence-corrected chi connectivity index (χ1v) is 11.7. The van der Waals surface area contributed by atoms with Crippen molar-refractivity contribution in [1.29, 1.82) is 0 Å². The molecule has 4 aromatic carbocycles. The van der Waals surface area contributed by atoms with Crippen LogP contribution in [0.3, 0.4) is 0 Å². The summed E-state index contributed by atoms with van der Waals surface area (Å²) in [5.74, 6) is 2.17. The molecule has 3 nitrogen and oxygen atoms in total. The molecule has 6 rings (SSSR count). The molecule has 1 aliphatic heterocycles. The third-order valence-corrected chi connectivity index (χ3v) is 7.59. The summed E-state index contributed by atoms with van der Waals surface area (Å²) in [6, 6.07) is 29.6. The van der Waals surface area contributed by atoms with Crippen LogP contribution in [-0.2, 0) is 0 Å². The minimum atomic E-state index is 0.0216. The van der Waals surface area contributed by atoms with Gasteiger partial charge < -0.3 is 10.2 Å². The number of likely N-dealkylation sites (tertiary alicyclic amines) is 1. The first-order valence-electron chi connectivity index (χ1n) is 11.7. The molecule has 3 atom stereocenters. The number of carbonyl (C=O) groups is 1. The van der Waals surface area contributed by atoms with Gasteiger partial charge in [0.1, 0.15) is 0 Å². The molecule has 1 N–H and O–H groups in total. The van der Waals surface area contributed by atoms with Gasteiger partial charge in [0, 0.05) is 31.7 Å². The Balaban J connectivity index is 1.15. The maximum absolute atomic E-state index is 12.3. The van der Waals surface area contributed by atoms with Crippen LogP contribution in [0.25, 0.3) is 21.5 Å². The number of rotatable bonds is 5. The number of amides is 1. The van der Waals surface area contributed by atoms with Crippen LogP contribution in [0.2, 0.25) is 0 Å². The zero-order valence-corrected chi connectivity index (χ0v) is 18.2. The molecule has 1 heterocycles. The maximum atomic E-state index is 12.3. The monoisotopic (exact) mass is 420 g/mol. The summed E-state index contributed by atoms with van der Waals surface area (Å²) < 4.78 is 0. The molecular formula is C29H28N2O. The summed E-state index contributed by atoms with van der Waals surface area (Å²) >= 11 is 0. The molecule has 3 unspecified atom stereocenters. The molecule has 32 heavy (non-hydrogen) atoms. The highest BCUT2D eigenvalue weighted by Gasteiger charge is 2.47. The van der Waals surface area contributed by atoms with E-state index in [0.717, 1.165) is 37.0 Å². The van der Waals surface area contributed by atoms with Crippen LogP contribution in [0.15, 0.2) is 84.9 Å². The second kappa shape index (κ2) is 8.07. The van der Waals surface area contributed by atoms with Crippen molar-refractivity contribution in [3.8, 4) is 0 Å². The van der Waals surface area contributed by atoms with E-state index in [9.17, 15) is 4.79 Å². The van der Waals surface area contributed by atoms with Gasteiger partial charge in [0.05, 0.1) is 0 Å². The lowest BCUT2D eigenvalue weighted by atomic mass is 9.63. The average Bonchev–Trinajstić information content (AvgIpc) is 3.15. The van der Waals surface area contributed by atoms with Gasteiger partial charge in [0.25, 0.3) is 5.91 Å². The Morgan fingerprint density at radius 2 is 1.56 bits per heavy atom. The fourth-order valence-corrected chi connectivity index (χ4v) is 5.95. The Hall–Kier alpha value is -3.17. The summed E-state index contributed by atoms with van der Waals surface area (Å²) in [4.78, 5) is 14.8. The van der Waals surface area contributed by atoms with Gasteiger partial charge in [-0.25, -0.2) is 0 Å². The van der Waals surface area contributed by atoms with Crippen molar-refractivity contribution in [3.63, 3.8) is 0 Å². The lowest BCUT2D eigenvalue weighted by molar-refractivity contribution is 0.0949. The van der Waals surface area contributed by atoms with Crippen LogP contribution in [-0.4, -0.2) is 37.0 Å². The molecular weight excluding hydrogens is 392 g/mol. The van der Waals surface area contributed by atoms with Crippen molar-refractivity contribution >= 4 is 27.5 Å². The van der Waals surface area contributed by atoms with E-state index in [1.165, 1.54) is 33.5 Å². The quantitative estimate of drug-likeness (QED) is 0.435. The second-order valence-corrected chi connectivity index (χ2v) is 9.38. The van der Waals surface area contributed by atoms with Gasteiger partial charge in [-0.05, 0) is 63.4 Å². The molecule has 2 aliphatic rings. The molecule has 1 aliphatic carbocycles. The van der Waals surface area contributed by atoms with Gasteiger partial charge >= 0.3 is 0 Å². The van der Waals surface area contributed by atoms with Crippen molar-refractivity contribution in [3.05, 3.63) is 96.1 Å². The van der Waals surface area contributed by atoms with Crippen LogP contribution in [0.4, 0.5) is 0 Å². The number of nitrogens with zero attached hydrogens (tertiary/aromatic N) is 1. The molecule has 4 aromatic rings. The normalized spacial score (nSPS) is 22.6. The third-order valence-electron chi connectivity index (χ3n) is 7.59. The van der Waals surface area contributed by atoms with Gasteiger partial charge in [-0.3, -0.25) is 4.79 Å². The summed E-state index contributed by atoms with van der Waals surface area (Å²) in [6.07, 6.45) is 1.28. The predicted molar refractivity (Wildman–Crippen MR) is 131 cm³/mol. The highest BCUT2D eigenvalue weighted by Crippen LogP contribution is 2.53. The molecule has 160 valence electrons. The van der Waals surface area contributed by atoms with Gasteiger partial charge in [-0.2, -0.15) is 0 Å². The van der Waals surface area contributed by atoms with E-state index in [2.05, 4.69) is 64.8 Å². The minimum Gasteiger partial charge on any atom is -0.351 e. The highest BCUT2D eigenvalue weighted by atomic mass is 16.1. The zero-order chi connectivity index (χ0) is 21.5. The lowest BCUT2D eigenvalue weighted by Crippen LogP contribution is -2.34. The first-order chi connectivity index (χ1) is 15.8. The van der Waals surface area contributed by atoms with Crippen molar-refractivity contribution in [2.24, 2.45) is 11.8 Å². The molecule has 0 bridgehead atoms. The highest BCUT2D eigenvalue weighted by molar-refractivity contribution is 6.09. The fraction of sp³-hybridized carbons (Fsp3) is 0.276. The van der Waals surface area contributed by atoms with Crippen LogP contribution in [0, 0.1) is 11.8 Å². The van der Waals surface area contributed by atoms with Gasteiger partial charge in [0.2, 0.25) is 0 Å². The van der Waals surface area contributed by atoms with Gasteiger partial charge in [0.15, 0.2) is 0 Å². The van der Waals surface area contributed by atoms with Crippen molar-refractivity contribution in [2.75, 3.05) is 26.2 Å². The summed E-state index contributed by atoms with van der Waals surface area (Å²) in [5, 5.41) is 8.58. The Kier molecular flexibility index (Phi) is 4.92. The largest absolute Gasteiger partial charge is 0.351 e. The van der Waals surface area contributed by atoms with Crippen LogP contribution in [0.5, 0.6) is 0 Å². The summed E-state index contributed by atoms with van der Waals surface area (Å²) in [6.45, 7) is 3.93. The Morgan fingerprint density at radius 3 is 2.41 bits per heavy atom. The SMILES string of the molecule is O=C(NCCN1CC2CC(c3cc4ccccc4c4ccccc34)C2C1)c1ccccc1. The zero-order valence-electron chi connectivity index (χ0n) is 18.2. The standard InChI is InChI=1S/C29H28N2O/c32-29(20-8-2-1-3-9-20)30-14-15-31-18-22-17-27(28(22)19-31)26-16-21-10-4-5-11-23(21)24-12-6-7-13-25(24)26/h1-13,16,22,27-28H,14-15,17-19H2,(H,30,32). The Bertz CT molecular complexity index is 1280. The number of carbonyl (C=O) groups excluding carboxylic acids is 1. The summed E-state index contributed by atoms with van der Waals surface area (Å²) in [7, 11) is 0. The van der Waals surface area contributed by atoms with E-state index >= 15 is 0 Å².